The molecule has 5 nitrogen and oxygen atoms in total. The van der Waals surface area contributed by atoms with Gasteiger partial charge in [-0.15, -0.1) is 0 Å². The van der Waals surface area contributed by atoms with E-state index < -0.39 is 7.60 Å². The summed E-state index contributed by atoms with van der Waals surface area (Å²) in [5.74, 6) is -0.247. The Labute approximate surface area is 121 Å². The monoisotopic (exact) mass is 349 g/mol. The highest BCUT2D eigenvalue weighted by molar-refractivity contribution is 9.10. The van der Waals surface area contributed by atoms with Gasteiger partial charge in [-0.2, -0.15) is 0 Å². The SMILES string of the molecule is CCOP(=O)(OCC)c1cc(Br)ccc1NC(C)=O. The Morgan fingerprint density at radius 1 is 1.32 bits per heavy atom. The van der Waals surface area contributed by atoms with E-state index in [2.05, 4.69) is 21.2 Å². The minimum absolute atomic E-state index is 0.247. The summed E-state index contributed by atoms with van der Waals surface area (Å²) in [7, 11) is -3.44. The first-order chi connectivity index (χ1) is 8.92. The highest BCUT2D eigenvalue weighted by Gasteiger charge is 2.30. The smallest absolute Gasteiger partial charge is 0.325 e. The second-order valence-corrected chi connectivity index (χ2v) is 6.58. The number of hydrogen-bond acceptors (Lipinski definition) is 4. The minimum atomic E-state index is -3.44. The summed E-state index contributed by atoms with van der Waals surface area (Å²) in [5, 5.41) is 2.98. The quantitative estimate of drug-likeness (QED) is 0.800. The van der Waals surface area contributed by atoms with Gasteiger partial charge in [0.05, 0.1) is 24.2 Å². The van der Waals surface area contributed by atoms with E-state index in [4.69, 9.17) is 9.05 Å². The van der Waals surface area contributed by atoms with E-state index >= 15 is 0 Å². The van der Waals surface area contributed by atoms with Gasteiger partial charge in [0, 0.05) is 11.4 Å². The summed E-state index contributed by atoms with van der Waals surface area (Å²) in [6.45, 7) is 5.37. The molecule has 0 fully saturated rings. The highest BCUT2D eigenvalue weighted by atomic mass is 79.9. The molecule has 0 unspecified atom stereocenters. The Kier molecular flexibility index (Phi) is 6.20. The van der Waals surface area contributed by atoms with Crippen molar-refractivity contribution in [2.45, 2.75) is 20.8 Å². The van der Waals surface area contributed by atoms with Crippen LogP contribution in [0.25, 0.3) is 0 Å². The molecule has 0 spiro atoms. The lowest BCUT2D eigenvalue weighted by molar-refractivity contribution is -0.114. The molecule has 1 amide bonds. The molecule has 1 aromatic rings. The van der Waals surface area contributed by atoms with Crippen LogP contribution in [-0.2, 0) is 18.4 Å². The lowest BCUT2D eigenvalue weighted by Gasteiger charge is -2.20. The van der Waals surface area contributed by atoms with Gasteiger partial charge in [0.1, 0.15) is 0 Å². The molecule has 1 N–H and O–H groups in total. The lowest BCUT2D eigenvalue weighted by Crippen LogP contribution is -2.19. The van der Waals surface area contributed by atoms with Crippen LogP contribution in [0.1, 0.15) is 20.8 Å². The molecule has 0 bridgehead atoms. The van der Waals surface area contributed by atoms with Gasteiger partial charge in [0.25, 0.3) is 0 Å². The first-order valence-corrected chi connectivity index (χ1v) is 8.23. The number of hydrogen-bond donors (Lipinski definition) is 1. The van der Waals surface area contributed by atoms with Crippen molar-refractivity contribution in [3.63, 3.8) is 0 Å². The fraction of sp³-hybridized carbons (Fsp3) is 0.417. The minimum Gasteiger partial charge on any atom is -0.325 e. The maximum Gasteiger partial charge on any atom is 0.363 e. The molecule has 0 saturated heterocycles. The van der Waals surface area contributed by atoms with Crippen LogP contribution in [-0.4, -0.2) is 19.1 Å². The summed E-state index contributed by atoms with van der Waals surface area (Å²) in [5.41, 5.74) is 0.431. The maximum atomic E-state index is 12.8. The number of amides is 1. The molecule has 1 aromatic carbocycles. The van der Waals surface area contributed by atoms with Crippen LogP contribution in [0, 0.1) is 0 Å². The molecule has 0 atom stereocenters. The Hall–Kier alpha value is -0.680. The summed E-state index contributed by atoms with van der Waals surface area (Å²) in [6.07, 6.45) is 0. The number of anilines is 1. The van der Waals surface area contributed by atoms with E-state index in [9.17, 15) is 9.36 Å². The standard InChI is InChI=1S/C12H17BrNO4P/c1-4-17-19(16,18-5-2)12-8-10(13)6-7-11(12)14-9(3)15/h6-8H,4-5H2,1-3H3,(H,14,15). The molecule has 0 aliphatic rings. The van der Waals surface area contributed by atoms with Crippen LogP contribution in [0.2, 0.25) is 0 Å². The van der Waals surface area contributed by atoms with Gasteiger partial charge in [-0.25, -0.2) is 0 Å². The van der Waals surface area contributed by atoms with Crippen molar-refractivity contribution < 1.29 is 18.4 Å². The maximum absolute atomic E-state index is 12.8. The van der Waals surface area contributed by atoms with Crippen molar-refractivity contribution in [3.8, 4) is 0 Å². The second-order valence-electron chi connectivity index (χ2n) is 3.68. The summed E-state index contributed by atoms with van der Waals surface area (Å²) in [4.78, 5) is 11.2. The number of nitrogens with one attached hydrogen (secondary N) is 1. The third-order valence-corrected chi connectivity index (χ3v) is 4.81. The van der Waals surface area contributed by atoms with Crippen molar-refractivity contribution in [3.05, 3.63) is 22.7 Å². The van der Waals surface area contributed by atoms with Gasteiger partial charge < -0.3 is 14.4 Å². The molecule has 1 rings (SSSR count). The second kappa shape index (κ2) is 7.20. The first-order valence-electron chi connectivity index (χ1n) is 5.89. The van der Waals surface area contributed by atoms with Crippen molar-refractivity contribution in [2.24, 2.45) is 0 Å². The number of halogens is 1. The van der Waals surface area contributed by atoms with Crippen LogP contribution in [0.5, 0.6) is 0 Å². The third-order valence-electron chi connectivity index (χ3n) is 2.16. The van der Waals surface area contributed by atoms with E-state index in [1.165, 1.54) is 6.92 Å². The largest absolute Gasteiger partial charge is 0.363 e. The van der Waals surface area contributed by atoms with Gasteiger partial charge >= 0.3 is 7.60 Å². The van der Waals surface area contributed by atoms with E-state index in [0.29, 0.717) is 11.0 Å². The average molecular weight is 350 g/mol. The molecule has 106 valence electrons. The van der Waals surface area contributed by atoms with Crippen LogP contribution in [0.15, 0.2) is 22.7 Å². The molecular weight excluding hydrogens is 333 g/mol. The Morgan fingerprint density at radius 2 is 1.89 bits per heavy atom. The predicted octanol–water partition coefficient (Wildman–Crippen LogP) is 3.30. The fourth-order valence-electron chi connectivity index (χ4n) is 1.54. The van der Waals surface area contributed by atoms with E-state index in [1.54, 1.807) is 32.0 Å². The van der Waals surface area contributed by atoms with E-state index in [-0.39, 0.29) is 19.1 Å². The topological polar surface area (TPSA) is 64.6 Å². The Balaban J connectivity index is 3.30. The zero-order valence-corrected chi connectivity index (χ0v) is 13.6. The zero-order chi connectivity index (χ0) is 14.5. The van der Waals surface area contributed by atoms with E-state index in [1.807, 2.05) is 0 Å². The summed E-state index contributed by atoms with van der Waals surface area (Å²) >= 11 is 3.31. The number of carbonyl (C=O) groups is 1. The highest BCUT2D eigenvalue weighted by Crippen LogP contribution is 2.49. The molecule has 0 radical (unpaired) electrons. The van der Waals surface area contributed by atoms with Gasteiger partial charge in [0.15, 0.2) is 0 Å². The fourth-order valence-corrected chi connectivity index (χ4v) is 3.84. The molecule has 0 saturated carbocycles. The van der Waals surface area contributed by atoms with Crippen molar-refractivity contribution in [1.82, 2.24) is 0 Å². The van der Waals surface area contributed by atoms with Gasteiger partial charge in [-0.3, -0.25) is 9.36 Å². The van der Waals surface area contributed by atoms with Crippen molar-refractivity contribution >= 4 is 40.4 Å². The molecule has 0 heterocycles. The zero-order valence-electron chi connectivity index (χ0n) is 11.1. The molecule has 0 aromatic heterocycles. The van der Waals surface area contributed by atoms with Crippen molar-refractivity contribution in [1.29, 1.82) is 0 Å². The molecule has 19 heavy (non-hydrogen) atoms. The average Bonchev–Trinajstić information content (AvgIpc) is 2.31. The summed E-state index contributed by atoms with van der Waals surface area (Å²) in [6, 6.07) is 5.04. The van der Waals surface area contributed by atoms with Gasteiger partial charge in [-0.1, -0.05) is 15.9 Å². The molecule has 7 heteroatoms. The number of rotatable bonds is 6. The molecule has 0 aliphatic carbocycles. The van der Waals surface area contributed by atoms with Gasteiger partial charge in [0.2, 0.25) is 5.91 Å². The number of carbonyl (C=O) groups excluding carboxylic acids is 1. The Morgan fingerprint density at radius 3 is 2.37 bits per heavy atom. The van der Waals surface area contributed by atoms with Crippen LogP contribution in [0.4, 0.5) is 5.69 Å². The number of benzene rings is 1. The van der Waals surface area contributed by atoms with Gasteiger partial charge in [-0.05, 0) is 32.0 Å². The molecular formula is C12H17BrNO4P. The predicted molar refractivity (Wildman–Crippen MR) is 78.9 cm³/mol. The van der Waals surface area contributed by atoms with Crippen LogP contribution in [0.3, 0.4) is 0 Å². The van der Waals surface area contributed by atoms with Crippen LogP contribution < -0.4 is 10.6 Å². The third kappa shape index (κ3) is 4.42. The lowest BCUT2D eigenvalue weighted by atomic mass is 10.3. The summed E-state index contributed by atoms with van der Waals surface area (Å²) < 4.78 is 24.1. The van der Waals surface area contributed by atoms with Crippen LogP contribution >= 0.6 is 23.5 Å². The van der Waals surface area contributed by atoms with E-state index in [0.717, 1.165) is 4.47 Å². The molecule has 0 aliphatic heterocycles. The van der Waals surface area contributed by atoms with Crippen molar-refractivity contribution in [2.75, 3.05) is 18.5 Å². The first kappa shape index (κ1) is 16.4. The normalized spacial score (nSPS) is 11.4. The Bertz CT molecular complexity index is 497.